The third-order valence-electron chi connectivity index (χ3n) is 2.78. The van der Waals surface area contributed by atoms with Crippen molar-refractivity contribution in [1.82, 2.24) is 4.98 Å². The lowest BCUT2D eigenvalue weighted by atomic mass is 10.2. The number of hydrogen-bond donors (Lipinski definition) is 0. The number of benzene rings is 1. The minimum atomic E-state index is 0.730. The molecule has 0 saturated heterocycles. The number of aromatic nitrogens is 1. The Kier molecular flexibility index (Phi) is 4.73. The number of anilines is 1. The predicted octanol–water partition coefficient (Wildman–Crippen LogP) is 3.28. The molecule has 0 aliphatic heterocycles. The molecule has 1 heterocycles. The Morgan fingerprint density at radius 2 is 2.06 bits per heavy atom. The van der Waals surface area contributed by atoms with Crippen LogP contribution in [0.3, 0.4) is 0 Å². The minimum Gasteiger partial charge on any atom is -0.383 e. The first-order chi connectivity index (χ1) is 8.85. The molecule has 0 spiro atoms. The topological polar surface area (TPSA) is 25.4 Å². The van der Waals surface area contributed by atoms with Gasteiger partial charge in [-0.15, -0.1) is 11.3 Å². The van der Waals surface area contributed by atoms with Crippen LogP contribution in [-0.4, -0.2) is 31.8 Å². The highest BCUT2D eigenvalue weighted by molar-refractivity contribution is 7.14. The van der Waals surface area contributed by atoms with E-state index in [0.717, 1.165) is 30.5 Å². The summed E-state index contributed by atoms with van der Waals surface area (Å²) >= 11 is 1.69. The van der Waals surface area contributed by atoms with E-state index in [1.165, 1.54) is 5.56 Å². The van der Waals surface area contributed by atoms with Gasteiger partial charge in [0.2, 0.25) is 0 Å². The van der Waals surface area contributed by atoms with Crippen LogP contribution >= 0.6 is 11.3 Å². The summed E-state index contributed by atoms with van der Waals surface area (Å²) in [6.07, 6.45) is 0. The monoisotopic (exact) mass is 262 g/mol. The first-order valence-corrected chi connectivity index (χ1v) is 6.98. The van der Waals surface area contributed by atoms with Crippen molar-refractivity contribution in [2.24, 2.45) is 0 Å². The first kappa shape index (κ1) is 13.1. The average Bonchev–Trinajstić information content (AvgIpc) is 2.90. The van der Waals surface area contributed by atoms with Crippen molar-refractivity contribution in [3.05, 3.63) is 35.7 Å². The molecule has 3 nitrogen and oxygen atoms in total. The van der Waals surface area contributed by atoms with Gasteiger partial charge in [-0.2, -0.15) is 0 Å². The highest BCUT2D eigenvalue weighted by Gasteiger charge is 2.10. The van der Waals surface area contributed by atoms with E-state index in [4.69, 9.17) is 9.72 Å². The molecular weight excluding hydrogens is 244 g/mol. The van der Waals surface area contributed by atoms with Crippen LogP contribution in [0, 0.1) is 0 Å². The van der Waals surface area contributed by atoms with Crippen LogP contribution in [0.2, 0.25) is 0 Å². The molecule has 0 atom stereocenters. The van der Waals surface area contributed by atoms with Gasteiger partial charge in [0.25, 0.3) is 0 Å². The summed E-state index contributed by atoms with van der Waals surface area (Å²) in [7, 11) is 1.73. The second-order valence-corrected chi connectivity index (χ2v) is 4.79. The lowest BCUT2D eigenvalue weighted by molar-refractivity contribution is 0.205. The van der Waals surface area contributed by atoms with E-state index in [-0.39, 0.29) is 0 Å². The predicted molar refractivity (Wildman–Crippen MR) is 77.3 cm³/mol. The Morgan fingerprint density at radius 1 is 1.28 bits per heavy atom. The molecule has 2 rings (SSSR count). The summed E-state index contributed by atoms with van der Waals surface area (Å²) in [5.74, 6) is 0. The van der Waals surface area contributed by atoms with E-state index in [0.29, 0.717) is 0 Å². The van der Waals surface area contributed by atoms with Crippen LogP contribution in [0.5, 0.6) is 0 Å². The molecule has 0 bridgehead atoms. The molecule has 4 heteroatoms. The van der Waals surface area contributed by atoms with Gasteiger partial charge < -0.3 is 9.64 Å². The number of thiazole rings is 1. The fraction of sp³-hybridized carbons (Fsp3) is 0.357. The molecular formula is C14H18N2OS. The van der Waals surface area contributed by atoms with Gasteiger partial charge in [-0.3, -0.25) is 0 Å². The first-order valence-electron chi connectivity index (χ1n) is 6.10. The normalized spacial score (nSPS) is 10.6. The molecule has 18 heavy (non-hydrogen) atoms. The fourth-order valence-electron chi connectivity index (χ4n) is 1.74. The largest absolute Gasteiger partial charge is 0.383 e. The lowest BCUT2D eigenvalue weighted by Gasteiger charge is -2.18. The van der Waals surface area contributed by atoms with Crippen molar-refractivity contribution >= 4 is 16.5 Å². The zero-order chi connectivity index (χ0) is 12.8. The van der Waals surface area contributed by atoms with Crippen LogP contribution in [0.4, 0.5) is 5.13 Å². The van der Waals surface area contributed by atoms with Gasteiger partial charge in [-0.25, -0.2) is 4.98 Å². The van der Waals surface area contributed by atoms with Gasteiger partial charge in [-0.05, 0) is 6.92 Å². The Bertz CT molecular complexity index is 470. The highest BCUT2D eigenvalue weighted by atomic mass is 32.1. The van der Waals surface area contributed by atoms with E-state index >= 15 is 0 Å². The van der Waals surface area contributed by atoms with E-state index < -0.39 is 0 Å². The molecule has 96 valence electrons. The maximum Gasteiger partial charge on any atom is 0.185 e. The molecule has 0 radical (unpaired) electrons. The van der Waals surface area contributed by atoms with E-state index in [1.54, 1.807) is 18.4 Å². The number of ether oxygens (including phenoxy) is 1. The van der Waals surface area contributed by atoms with Crippen molar-refractivity contribution < 1.29 is 4.74 Å². The Balaban J connectivity index is 2.14. The standard InChI is InChI=1S/C14H18N2OS/c1-3-16(9-10-17-2)14-15-13(11-18-14)12-7-5-4-6-8-12/h4-8,11H,3,9-10H2,1-2H3. The number of likely N-dealkylation sites (N-methyl/N-ethyl adjacent to an activating group) is 1. The summed E-state index contributed by atoms with van der Waals surface area (Å²) in [4.78, 5) is 6.93. The molecule has 2 aromatic rings. The number of hydrogen-bond acceptors (Lipinski definition) is 4. The van der Waals surface area contributed by atoms with Crippen LogP contribution in [-0.2, 0) is 4.74 Å². The lowest BCUT2D eigenvalue weighted by Crippen LogP contribution is -2.26. The second kappa shape index (κ2) is 6.52. The smallest absolute Gasteiger partial charge is 0.185 e. The van der Waals surface area contributed by atoms with Crippen molar-refractivity contribution in [2.45, 2.75) is 6.92 Å². The second-order valence-electron chi connectivity index (χ2n) is 3.95. The quantitative estimate of drug-likeness (QED) is 0.799. The Labute approximate surface area is 112 Å². The van der Waals surface area contributed by atoms with E-state index in [1.807, 2.05) is 18.2 Å². The zero-order valence-corrected chi connectivity index (χ0v) is 11.6. The van der Waals surface area contributed by atoms with Crippen molar-refractivity contribution in [3.8, 4) is 11.3 Å². The maximum absolute atomic E-state index is 5.12. The molecule has 0 saturated carbocycles. The minimum absolute atomic E-state index is 0.730. The summed E-state index contributed by atoms with van der Waals surface area (Å²) in [6, 6.07) is 10.3. The van der Waals surface area contributed by atoms with Crippen molar-refractivity contribution in [3.63, 3.8) is 0 Å². The molecule has 0 N–H and O–H groups in total. The molecule has 0 fully saturated rings. The van der Waals surface area contributed by atoms with Gasteiger partial charge in [0.05, 0.1) is 12.3 Å². The molecule has 0 amide bonds. The van der Waals surface area contributed by atoms with Gasteiger partial charge in [-0.1, -0.05) is 30.3 Å². The summed E-state index contributed by atoms with van der Waals surface area (Å²) in [6.45, 7) is 4.70. The van der Waals surface area contributed by atoms with Gasteiger partial charge >= 0.3 is 0 Å². The Morgan fingerprint density at radius 3 is 2.72 bits per heavy atom. The third-order valence-corrected chi connectivity index (χ3v) is 3.68. The zero-order valence-electron chi connectivity index (χ0n) is 10.8. The van der Waals surface area contributed by atoms with Gasteiger partial charge in [0.1, 0.15) is 0 Å². The number of rotatable bonds is 6. The molecule has 1 aromatic heterocycles. The van der Waals surface area contributed by atoms with Crippen LogP contribution in [0.25, 0.3) is 11.3 Å². The highest BCUT2D eigenvalue weighted by Crippen LogP contribution is 2.26. The third kappa shape index (κ3) is 3.09. The van der Waals surface area contributed by atoms with Crippen LogP contribution < -0.4 is 4.90 Å². The number of methoxy groups -OCH3 is 1. The van der Waals surface area contributed by atoms with Gasteiger partial charge in [0.15, 0.2) is 5.13 Å². The summed E-state index contributed by atoms with van der Waals surface area (Å²) in [5, 5.41) is 3.17. The van der Waals surface area contributed by atoms with Crippen molar-refractivity contribution in [2.75, 3.05) is 31.7 Å². The summed E-state index contributed by atoms with van der Waals surface area (Å²) < 4.78 is 5.12. The van der Waals surface area contributed by atoms with E-state index in [2.05, 4.69) is 29.3 Å². The van der Waals surface area contributed by atoms with Crippen LogP contribution in [0.15, 0.2) is 35.7 Å². The van der Waals surface area contributed by atoms with Crippen LogP contribution in [0.1, 0.15) is 6.92 Å². The van der Waals surface area contributed by atoms with E-state index in [9.17, 15) is 0 Å². The molecule has 0 aliphatic rings. The fourth-order valence-corrected chi connectivity index (χ4v) is 2.67. The van der Waals surface area contributed by atoms with Gasteiger partial charge in [0, 0.05) is 31.1 Å². The average molecular weight is 262 g/mol. The maximum atomic E-state index is 5.12. The number of nitrogens with zero attached hydrogens (tertiary/aromatic N) is 2. The molecule has 0 unspecified atom stereocenters. The molecule has 0 aliphatic carbocycles. The van der Waals surface area contributed by atoms with Crippen molar-refractivity contribution in [1.29, 1.82) is 0 Å². The summed E-state index contributed by atoms with van der Waals surface area (Å²) in [5.41, 5.74) is 2.22. The Hall–Kier alpha value is -1.39. The molecule has 1 aromatic carbocycles. The SMILES string of the molecule is CCN(CCOC)c1nc(-c2ccccc2)cs1.